The zero-order chi connectivity index (χ0) is 13.3. The number of rotatable bonds is 4. The quantitative estimate of drug-likeness (QED) is 0.841. The molecule has 0 spiro atoms. The number of aromatic nitrogens is 2. The lowest BCUT2D eigenvalue weighted by Gasteiger charge is -2.38. The zero-order valence-electron chi connectivity index (χ0n) is 11.3. The molecule has 1 aromatic rings. The normalized spacial score (nSPS) is 17.5. The van der Waals surface area contributed by atoms with Crippen molar-refractivity contribution in [3.63, 3.8) is 0 Å². The monoisotopic (exact) mass is 251 g/mol. The first-order chi connectivity index (χ1) is 8.43. The fraction of sp³-hybridized carbons (Fsp3) is 0.692. The standard InChI is InChI=1S/C13H21N3O2/c1-13(5-4-6-13)9-14-8-10-7-11(17)16(3)12(18)15(10)2/h7,14H,4-6,8-9H2,1-3H3. The van der Waals surface area contributed by atoms with Crippen LogP contribution in [0, 0.1) is 5.41 Å². The molecule has 1 saturated carbocycles. The second-order valence-corrected chi connectivity index (χ2v) is 5.64. The molecular formula is C13H21N3O2. The largest absolute Gasteiger partial charge is 0.330 e. The second-order valence-electron chi connectivity index (χ2n) is 5.64. The van der Waals surface area contributed by atoms with Crippen molar-refractivity contribution in [2.24, 2.45) is 19.5 Å². The number of hydrogen-bond donors (Lipinski definition) is 1. The lowest BCUT2D eigenvalue weighted by molar-refractivity contribution is 0.156. The van der Waals surface area contributed by atoms with Crippen LogP contribution in [-0.4, -0.2) is 15.7 Å². The number of nitrogens with one attached hydrogen (secondary N) is 1. The third-order valence-corrected chi connectivity index (χ3v) is 4.04. The third-order valence-electron chi connectivity index (χ3n) is 4.04. The molecule has 0 unspecified atom stereocenters. The van der Waals surface area contributed by atoms with Gasteiger partial charge in [-0.2, -0.15) is 0 Å². The topological polar surface area (TPSA) is 56.0 Å². The van der Waals surface area contributed by atoms with Gasteiger partial charge in [-0.3, -0.25) is 13.9 Å². The minimum Gasteiger partial charge on any atom is -0.311 e. The summed E-state index contributed by atoms with van der Waals surface area (Å²) in [6.45, 7) is 3.78. The van der Waals surface area contributed by atoms with Crippen LogP contribution in [0.4, 0.5) is 0 Å². The van der Waals surface area contributed by atoms with Crippen molar-refractivity contribution < 1.29 is 0 Å². The van der Waals surface area contributed by atoms with Gasteiger partial charge in [0.05, 0.1) is 0 Å². The van der Waals surface area contributed by atoms with E-state index in [0.717, 1.165) is 16.8 Å². The minimum atomic E-state index is -0.269. The molecule has 1 fully saturated rings. The number of hydrogen-bond acceptors (Lipinski definition) is 3. The Morgan fingerprint density at radius 3 is 2.50 bits per heavy atom. The molecule has 0 bridgehead atoms. The second kappa shape index (κ2) is 4.72. The number of nitrogens with zero attached hydrogens (tertiary/aromatic N) is 2. The molecule has 18 heavy (non-hydrogen) atoms. The van der Waals surface area contributed by atoms with Crippen LogP contribution < -0.4 is 16.6 Å². The van der Waals surface area contributed by atoms with Crippen molar-refractivity contribution in [3.8, 4) is 0 Å². The van der Waals surface area contributed by atoms with Crippen LogP contribution in [0.15, 0.2) is 15.7 Å². The highest BCUT2D eigenvalue weighted by Gasteiger charge is 2.30. The Balaban J connectivity index is 2.06. The summed E-state index contributed by atoms with van der Waals surface area (Å²) in [6, 6.07) is 1.53. The van der Waals surface area contributed by atoms with Crippen molar-refractivity contribution in [2.75, 3.05) is 6.54 Å². The first-order valence-electron chi connectivity index (χ1n) is 6.40. The van der Waals surface area contributed by atoms with Gasteiger partial charge in [-0.05, 0) is 18.3 Å². The molecule has 2 rings (SSSR count). The van der Waals surface area contributed by atoms with Gasteiger partial charge in [0.25, 0.3) is 5.56 Å². The molecule has 0 amide bonds. The SMILES string of the molecule is Cn1c(CNCC2(C)CCC2)cc(=O)n(C)c1=O. The van der Waals surface area contributed by atoms with Gasteiger partial charge in [0.1, 0.15) is 0 Å². The van der Waals surface area contributed by atoms with Gasteiger partial charge in [0.2, 0.25) is 0 Å². The lowest BCUT2D eigenvalue weighted by Crippen LogP contribution is -2.41. The van der Waals surface area contributed by atoms with Crippen molar-refractivity contribution in [1.29, 1.82) is 0 Å². The minimum absolute atomic E-state index is 0.246. The van der Waals surface area contributed by atoms with Crippen molar-refractivity contribution in [1.82, 2.24) is 14.5 Å². The van der Waals surface area contributed by atoms with E-state index in [4.69, 9.17) is 0 Å². The molecule has 0 atom stereocenters. The first kappa shape index (κ1) is 13.1. The Labute approximate surface area is 106 Å². The van der Waals surface area contributed by atoms with E-state index in [1.807, 2.05) is 0 Å². The van der Waals surface area contributed by atoms with E-state index in [0.29, 0.717) is 12.0 Å². The zero-order valence-corrected chi connectivity index (χ0v) is 11.3. The van der Waals surface area contributed by atoms with Crippen molar-refractivity contribution in [3.05, 3.63) is 32.6 Å². The molecule has 1 aliphatic carbocycles. The van der Waals surface area contributed by atoms with Crippen LogP contribution in [0.1, 0.15) is 31.9 Å². The van der Waals surface area contributed by atoms with Gasteiger partial charge < -0.3 is 5.32 Å². The fourth-order valence-electron chi connectivity index (χ4n) is 2.40. The molecular weight excluding hydrogens is 230 g/mol. The lowest BCUT2D eigenvalue weighted by atomic mass is 9.70. The molecule has 5 nitrogen and oxygen atoms in total. The molecule has 0 aliphatic heterocycles. The van der Waals surface area contributed by atoms with Gasteiger partial charge in [-0.1, -0.05) is 13.3 Å². The Kier molecular flexibility index (Phi) is 3.43. The summed E-state index contributed by atoms with van der Waals surface area (Å²) in [5, 5.41) is 3.35. The van der Waals surface area contributed by atoms with Gasteiger partial charge in [0, 0.05) is 38.9 Å². The van der Waals surface area contributed by atoms with Crippen LogP contribution in [0.25, 0.3) is 0 Å². The highest BCUT2D eigenvalue weighted by molar-refractivity contribution is 5.02. The molecule has 0 radical (unpaired) electrons. The van der Waals surface area contributed by atoms with E-state index in [1.165, 1.54) is 36.9 Å². The summed E-state index contributed by atoms with van der Waals surface area (Å²) in [6.07, 6.45) is 3.83. The summed E-state index contributed by atoms with van der Waals surface area (Å²) < 4.78 is 2.65. The van der Waals surface area contributed by atoms with E-state index in [-0.39, 0.29) is 11.2 Å². The summed E-state index contributed by atoms with van der Waals surface area (Å²) in [5.74, 6) is 0. The van der Waals surface area contributed by atoms with E-state index in [2.05, 4.69) is 12.2 Å². The molecule has 1 aromatic heterocycles. The molecule has 0 aromatic carbocycles. The summed E-state index contributed by atoms with van der Waals surface area (Å²) in [7, 11) is 3.20. The average molecular weight is 251 g/mol. The Morgan fingerprint density at radius 2 is 1.94 bits per heavy atom. The van der Waals surface area contributed by atoms with Crippen LogP contribution in [-0.2, 0) is 20.6 Å². The Morgan fingerprint density at radius 1 is 1.28 bits per heavy atom. The Bertz CT molecular complexity index is 552. The van der Waals surface area contributed by atoms with Crippen LogP contribution in [0.5, 0.6) is 0 Å². The van der Waals surface area contributed by atoms with Crippen LogP contribution in [0.3, 0.4) is 0 Å². The van der Waals surface area contributed by atoms with Crippen LogP contribution >= 0.6 is 0 Å². The highest BCUT2D eigenvalue weighted by Crippen LogP contribution is 2.39. The maximum atomic E-state index is 11.7. The van der Waals surface area contributed by atoms with E-state index in [1.54, 1.807) is 7.05 Å². The van der Waals surface area contributed by atoms with Gasteiger partial charge in [0.15, 0.2) is 0 Å². The van der Waals surface area contributed by atoms with Crippen molar-refractivity contribution in [2.45, 2.75) is 32.7 Å². The molecule has 5 heteroatoms. The van der Waals surface area contributed by atoms with Gasteiger partial charge in [-0.25, -0.2) is 4.79 Å². The van der Waals surface area contributed by atoms with Crippen LogP contribution in [0.2, 0.25) is 0 Å². The maximum Gasteiger partial charge on any atom is 0.330 e. The Hall–Kier alpha value is -1.36. The fourth-order valence-corrected chi connectivity index (χ4v) is 2.40. The predicted molar refractivity (Wildman–Crippen MR) is 70.6 cm³/mol. The maximum absolute atomic E-state index is 11.7. The predicted octanol–water partition coefficient (Wildman–Crippen LogP) is 0.364. The molecule has 1 heterocycles. The molecule has 100 valence electrons. The van der Waals surface area contributed by atoms with E-state index < -0.39 is 0 Å². The van der Waals surface area contributed by atoms with Gasteiger partial charge in [-0.15, -0.1) is 0 Å². The van der Waals surface area contributed by atoms with Crippen molar-refractivity contribution >= 4 is 0 Å². The highest BCUT2D eigenvalue weighted by atomic mass is 16.2. The summed E-state index contributed by atoms with van der Waals surface area (Å²) >= 11 is 0. The average Bonchev–Trinajstić information content (AvgIpc) is 2.30. The summed E-state index contributed by atoms with van der Waals surface area (Å²) in [5.41, 5.74) is 0.628. The molecule has 1 aliphatic rings. The smallest absolute Gasteiger partial charge is 0.311 e. The molecule has 1 N–H and O–H groups in total. The van der Waals surface area contributed by atoms with E-state index >= 15 is 0 Å². The third kappa shape index (κ3) is 2.41. The van der Waals surface area contributed by atoms with E-state index in [9.17, 15) is 9.59 Å². The first-order valence-corrected chi connectivity index (χ1v) is 6.40. The summed E-state index contributed by atoms with van der Waals surface area (Å²) in [4.78, 5) is 23.3. The van der Waals surface area contributed by atoms with Gasteiger partial charge >= 0.3 is 5.69 Å². The molecule has 0 saturated heterocycles.